The molecule has 7 heteroatoms. The van der Waals surface area contributed by atoms with Gasteiger partial charge in [0.05, 0.1) is 25.6 Å². The van der Waals surface area contributed by atoms with Gasteiger partial charge in [-0.1, -0.05) is 35.5 Å². The Hall–Kier alpha value is -3.03. The lowest BCUT2D eigenvalue weighted by Crippen LogP contribution is -2.49. The molecule has 2 aromatic carbocycles. The van der Waals surface area contributed by atoms with E-state index in [4.69, 9.17) is 14.3 Å². The van der Waals surface area contributed by atoms with Gasteiger partial charge in [-0.15, -0.1) is 0 Å². The van der Waals surface area contributed by atoms with E-state index in [9.17, 15) is 5.11 Å². The van der Waals surface area contributed by atoms with Gasteiger partial charge in [-0.3, -0.25) is 4.90 Å². The van der Waals surface area contributed by atoms with Gasteiger partial charge in [-0.05, 0) is 55.5 Å². The van der Waals surface area contributed by atoms with Crippen molar-refractivity contribution in [2.24, 2.45) is 5.16 Å². The fourth-order valence-electron chi connectivity index (χ4n) is 4.76. The van der Waals surface area contributed by atoms with Crippen LogP contribution in [0.2, 0.25) is 0 Å². The number of aliphatic hydroxyl groups is 1. The van der Waals surface area contributed by atoms with Crippen LogP contribution >= 0.6 is 0 Å². The molecule has 1 N–H and O–H groups in total. The molecule has 1 saturated carbocycles. The first-order valence-corrected chi connectivity index (χ1v) is 12.5. The number of anilines is 1. The summed E-state index contributed by atoms with van der Waals surface area (Å²) >= 11 is 0. The second-order valence-electron chi connectivity index (χ2n) is 9.07. The number of para-hydroxylation sites is 3. The normalized spacial score (nSPS) is 20.1. The average molecular weight is 480 g/mol. The van der Waals surface area contributed by atoms with Crippen molar-refractivity contribution in [3.05, 3.63) is 59.7 Å². The van der Waals surface area contributed by atoms with Gasteiger partial charge in [0.25, 0.3) is 0 Å². The number of hydrogen-bond donors (Lipinski definition) is 1. The van der Waals surface area contributed by atoms with Crippen LogP contribution in [0, 0.1) is 0 Å². The number of oxime groups is 1. The zero-order valence-corrected chi connectivity index (χ0v) is 20.9. The molecule has 7 nitrogen and oxygen atoms in total. The van der Waals surface area contributed by atoms with E-state index in [2.05, 4.69) is 33.2 Å². The molecule has 35 heavy (non-hydrogen) atoms. The molecule has 2 aromatic rings. The summed E-state index contributed by atoms with van der Waals surface area (Å²) in [5, 5.41) is 15.0. The number of nitrogens with zero attached hydrogens (tertiary/aromatic N) is 3. The highest BCUT2D eigenvalue weighted by Crippen LogP contribution is 2.29. The minimum atomic E-state index is -0.581. The molecule has 0 spiro atoms. The first-order valence-electron chi connectivity index (χ1n) is 12.5. The number of benzene rings is 2. The molecule has 1 atom stereocenters. The van der Waals surface area contributed by atoms with E-state index in [-0.39, 0.29) is 6.61 Å². The smallest absolute Gasteiger partial charge is 0.144 e. The third kappa shape index (κ3) is 6.77. The number of piperazine rings is 1. The Balaban J connectivity index is 1.27. The molecule has 2 aliphatic rings. The predicted molar refractivity (Wildman–Crippen MR) is 140 cm³/mol. The Morgan fingerprint density at radius 3 is 2.37 bits per heavy atom. The Morgan fingerprint density at radius 1 is 0.914 bits per heavy atom. The van der Waals surface area contributed by atoms with Crippen LogP contribution in [-0.4, -0.2) is 75.4 Å². The zero-order valence-electron chi connectivity index (χ0n) is 20.9. The van der Waals surface area contributed by atoms with Crippen LogP contribution in [0.5, 0.6) is 11.5 Å². The Kier molecular flexibility index (Phi) is 9.03. The summed E-state index contributed by atoms with van der Waals surface area (Å²) in [5.41, 5.74) is 4.33. The Bertz CT molecular complexity index is 1010. The lowest BCUT2D eigenvalue weighted by Gasteiger charge is -2.37. The van der Waals surface area contributed by atoms with Crippen molar-refractivity contribution in [2.75, 3.05) is 58.5 Å². The van der Waals surface area contributed by atoms with Crippen molar-refractivity contribution in [2.45, 2.75) is 31.8 Å². The molecule has 188 valence electrons. The van der Waals surface area contributed by atoms with Gasteiger partial charge in [-0.2, -0.15) is 0 Å². The fourth-order valence-corrected chi connectivity index (χ4v) is 4.76. The molecule has 1 aliphatic carbocycles. The predicted octanol–water partition coefficient (Wildman–Crippen LogP) is 4.22. The van der Waals surface area contributed by atoms with Gasteiger partial charge in [-0.25, -0.2) is 0 Å². The summed E-state index contributed by atoms with van der Waals surface area (Å²) in [5.74, 6) is 1.75. The van der Waals surface area contributed by atoms with E-state index < -0.39 is 6.10 Å². The van der Waals surface area contributed by atoms with Crippen molar-refractivity contribution >= 4 is 17.5 Å². The Morgan fingerprint density at radius 2 is 1.60 bits per heavy atom. The third-order valence-electron chi connectivity index (χ3n) is 6.66. The molecule has 0 unspecified atom stereocenters. The molecule has 1 saturated heterocycles. The fraction of sp³-hybridized carbons (Fsp3) is 0.464. The van der Waals surface area contributed by atoms with Gasteiger partial charge in [0.15, 0.2) is 0 Å². The van der Waals surface area contributed by atoms with E-state index in [0.29, 0.717) is 6.54 Å². The molecule has 2 fully saturated rings. The molecule has 0 bridgehead atoms. The summed E-state index contributed by atoms with van der Waals surface area (Å²) in [6.45, 7) is 4.33. The zero-order chi connectivity index (χ0) is 24.5. The maximum Gasteiger partial charge on any atom is 0.144 e. The van der Waals surface area contributed by atoms with Crippen molar-refractivity contribution in [1.29, 1.82) is 0 Å². The second kappa shape index (κ2) is 12.6. The summed E-state index contributed by atoms with van der Waals surface area (Å²) in [6, 6.07) is 16.1. The van der Waals surface area contributed by atoms with Crippen LogP contribution in [0.4, 0.5) is 5.69 Å². The summed E-state index contributed by atoms with van der Waals surface area (Å²) in [4.78, 5) is 10.2. The Labute approximate surface area is 208 Å². The molecule has 0 amide bonds. The van der Waals surface area contributed by atoms with Crippen LogP contribution < -0.4 is 14.4 Å². The summed E-state index contributed by atoms with van der Waals surface area (Å²) in [6.07, 6.45) is 5.68. The van der Waals surface area contributed by atoms with Crippen LogP contribution in [0.25, 0.3) is 6.08 Å². The molecule has 1 aliphatic heterocycles. The standard InChI is InChI=1S/C28H37N3O4/c1-33-27-13-7-4-10-23(27)19-22-9-3-5-11-25(22)29-35-21-24(32)20-30-15-17-31(18-16-30)26-12-6-8-14-28(26)34-2/h4,6-8,10,12-14,19,24,32H,3,5,9,11,15-18,20-21H2,1-2H3/b22-19+,29-25+/t24-/m1/s1. The number of β-amino-alcohol motifs (C(OH)–C–C–N with tert-alkyl or cyclic N) is 1. The molecule has 0 aromatic heterocycles. The van der Waals surface area contributed by atoms with Gasteiger partial charge in [0, 0.05) is 38.3 Å². The quantitative estimate of drug-likeness (QED) is 0.544. The third-order valence-corrected chi connectivity index (χ3v) is 6.66. The van der Waals surface area contributed by atoms with E-state index in [1.54, 1.807) is 14.2 Å². The van der Waals surface area contributed by atoms with Crippen molar-refractivity contribution in [1.82, 2.24) is 4.90 Å². The van der Waals surface area contributed by atoms with Gasteiger partial charge in [0.2, 0.25) is 0 Å². The number of hydrogen-bond acceptors (Lipinski definition) is 7. The van der Waals surface area contributed by atoms with E-state index >= 15 is 0 Å². The van der Waals surface area contributed by atoms with E-state index in [1.807, 2.05) is 36.4 Å². The first kappa shape index (κ1) is 25.1. The maximum absolute atomic E-state index is 10.6. The highest BCUT2D eigenvalue weighted by Gasteiger charge is 2.22. The first-order chi connectivity index (χ1) is 17.2. The lowest BCUT2D eigenvalue weighted by molar-refractivity contribution is 0.0179. The number of ether oxygens (including phenoxy) is 2. The van der Waals surface area contributed by atoms with Gasteiger partial charge >= 0.3 is 0 Å². The molecular formula is C28H37N3O4. The van der Waals surface area contributed by atoms with Crippen LogP contribution in [-0.2, 0) is 4.84 Å². The minimum absolute atomic E-state index is 0.193. The topological polar surface area (TPSA) is 66.8 Å². The summed E-state index contributed by atoms with van der Waals surface area (Å²) < 4.78 is 11.0. The summed E-state index contributed by atoms with van der Waals surface area (Å²) in [7, 11) is 3.40. The van der Waals surface area contributed by atoms with Gasteiger partial charge < -0.3 is 24.3 Å². The molecule has 1 heterocycles. The average Bonchev–Trinajstić information content (AvgIpc) is 2.90. The SMILES string of the molecule is COc1ccccc1/C=C1\CCCC\C1=N/OC[C@H](O)CN1CCN(c2ccccc2OC)CC1. The monoisotopic (exact) mass is 479 g/mol. The molecular weight excluding hydrogens is 442 g/mol. The minimum Gasteiger partial charge on any atom is -0.496 e. The lowest BCUT2D eigenvalue weighted by atomic mass is 9.91. The van der Waals surface area contributed by atoms with Crippen molar-refractivity contribution < 1.29 is 19.4 Å². The number of rotatable bonds is 9. The van der Waals surface area contributed by atoms with Crippen LogP contribution in [0.15, 0.2) is 59.3 Å². The highest BCUT2D eigenvalue weighted by atomic mass is 16.6. The van der Waals surface area contributed by atoms with Crippen LogP contribution in [0.3, 0.4) is 0 Å². The second-order valence-corrected chi connectivity index (χ2v) is 9.07. The van der Waals surface area contributed by atoms with E-state index in [0.717, 1.165) is 80.3 Å². The van der Waals surface area contributed by atoms with Gasteiger partial charge in [0.1, 0.15) is 24.2 Å². The van der Waals surface area contributed by atoms with Crippen LogP contribution in [0.1, 0.15) is 31.2 Å². The highest BCUT2D eigenvalue weighted by molar-refractivity contribution is 6.04. The maximum atomic E-state index is 10.6. The van der Waals surface area contributed by atoms with Crippen molar-refractivity contribution in [3.63, 3.8) is 0 Å². The molecule has 0 radical (unpaired) electrons. The number of aliphatic hydroxyl groups excluding tert-OH is 1. The number of allylic oxidation sites excluding steroid dienone is 1. The number of methoxy groups -OCH3 is 2. The largest absolute Gasteiger partial charge is 0.496 e. The van der Waals surface area contributed by atoms with Crippen molar-refractivity contribution in [3.8, 4) is 11.5 Å². The van der Waals surface area contributed by atoms with E-state index in [1.165, 1.54) is 5.57 Å². The molecule has 4 rings (SSSR count).